The van der Waals surface area contributed by atoms with E-state index in [2.05, 4.69) is 5.32 Å². The molecule has 7 heteroatoms. The van der Waals surface area contributed by atoms with Crippen molar-refractivity contribution in [2.45, 2.75) is 11.4 Å². The highest BCUT2D eigenvalue weighted by Crippen LogP contribution is 2.27. The maximum Gasteiger partial charge on any atom is 0.253 e. The zero-order valence-electron chi connectivity index (χ0n) is 17.2. The molecule has 156 valence electrons. The van der Waals surface area contributed by atoms with Crippen molar-refractivity contribution < 1.29 is 13.2 Å². The Morgan fingerprint density at radius 1 is 0.833 bits per heavy atom. The molecule has 0 fully saturated rings. The molecule has 30 heavy (non-hydrogen) atoms. The predicted octanol–water partition coefficient (Wildman–Crippen LogP) is 3.63. The van der Waals surface area contributed by atoms with E-state index in [9.17, 15) is 13.2 Å². The Kier molecular flexibility index (Phi) is 6.54. The fraction of sp³-hybridized carbons (Fsp3) is 0.174. The number of amides is 1. The summed E-state index contributed by atoms with van der Waals surface area (Å²) in [6.45, 7) is 0.103. The molecule has 0 aliphatic rings. The Labute approximate surface area is 177 Å². The van der Waals surface area contributed by atoms with E-state index >= 15 is 0 Å². The van der Waals surface area contributed by atoms with Gasteiger partial charge in [0.1, 0.15) is 0 Å². The lowest BCUT2D eigenvalue weighted by Gasteiger charge is -2.22. The Morgan fingerprint density at radius 3 is 2.13 bits per heavy atom. The standard InChI is InChI=1S/C23H25N3O3S/c1-25(2)30(28,29)22-16-10-7-11-18(22)17-24-23(27)20-14-8-9-15-21(20)26(3)19-12-5-4-6-13-19/h4-16H,17H2,1-3H3,(H,24,27). The van der Waals surface area contributed by atoms with Gasteiger partial charge in [-0.1, -0.05) is 48.5 Å². The van der Waals surface area contributed by atoms with Crippen LogP contribution < -0.4 is 10.2 Å². The molecule has 3 aromatic rings. The third-order valence-corrected chi connectivity index (χ3v) is 6.74. The number of carbonyl (C=O) groups is 1. The fourth-order valence-electron chi connectivity index (χ4n) is 3.12. The number of rotatable bonds is 7. The molecule has 0 bridgehead atoms. The largest absolute Gasteiger partial charge is 0.348 e. The van der Waals surface area contributed by atoms with E-state index in [1.165, 1.54) is 14.1 Å². The van der Waals surface area contributed by atoms with Gasteiger partial charge in [0.05, 0.1) is 16.1 Å². The summed E-state index contributed by atoms with van der Waals surface area (Å²) in [6.07, 6.45) is 0. The second-order valence-corrected chi connectivity index (χ2v) is 9.11. The van der Waals surface area contributed by atoms with E-state index in [1.54, 1.807) is 30.3 Å². The smallest absolute Gasteiger partial charge is 0.253 e. The average Bonchev–Trinajstić information content (AvgIpc) is 2.77. The first-order chi connectivity index (χ1) is 14.3. The number of para-hydroxylation sites is 2. The van der Waals surface area contributed by atoms with E-state index in [0.717, 1.165) is 15.7 Å². The molecule has 0 heterocycles. The number of benzene rings is 3. The van der Waals surface area contributed by atoms with Crippen molar-refractivity contribution in [1.29, 1.82) is 0 Å². The lowest BCUT2D eigenvalue weighted by Crippen LogP contribution is -2.28. The Balaban J connectivity index is 1.84. The van der Waals surface area contributed by atoms with Gasteiger partial charge in [-0.25, -0.2) is 12.7 Å². The molecular weight excluding hydrogens is 398 g/mol. The molecule has 0 radical (unpaired) electrons. The van der Waals surface area contributed by atoms with Crippen LogP contribution in [-0.2, 0) is 16.6 Å². The maximum atomic E-state index is 13.0. The summed E-state index contributed by atoms with van der Waals surface area (Å²) < 4.78 is 26.3. The lowest BCUT2D eigenvalue weighted by atomic mass is 10.1. The van der Waals surface area contributed by atoms with Crippen molar-refractivity contribution in [3.05, 3.63) is 90.0 Å². The van der Waals surface area contributed by atoms with E-state index in [1.807, 2.05) is 60.5 Å². The topological polar surface area (TPSA) is 69.7 Å². The van der Waals surface area contributed by atoms with Crippen LogP contribution in [0.2, 0.25) is 0 Å². The second kappa shape index (κ2) is 9.11. The van der Waals surface area contributed by atoms with Gasteiger partial charge in [0.25, 0.3) is 5.91 Å². The van der Waals surface area contributed by atoms with E-state index in [-0.39, 0.29) is 17.3 Å². The molecule has 3 aromatic carbocycles. The number of sulfonamides is 1. The van der Waals surface area contributed by atoms with Crippen LogP contribution in [0, 0.1) is 0 Å². The molecule has 0 saturated heterocycles. The first-order valence-electron chi connectivity index (χ1n) is 9.49. The number of anilines is 2. The van der Waals surface area contributed by atoms with Gasteiger partial charge in [0.15, 0.2) is 0 Å². The zero-order valence-corrected chi connectivity index (χ0v) is 18.1. The highest BCUT2D eigenvalue weighted by Gasteiger charge is 2.21. The van der Waals surface area contributed by atoms with Crippen LogP contribution in [0.15, 0.2) is 83.8 Å². The molecule has 1 N–H and O–H groups in total. The highest BCUT2D eigenvalue weighted by molar-refractivity contribution is 7.89. The average molecular weight is 424 g/mol. The maximum absolute atomic E-state index is 13.0. The monoisotopic (exact) mass is 423 g/mol. The van der Waals surface area contributed by atoms with Gasteiger partial charge in [-0.15, -0.1) is 0 Å². The summed E-state index contributed by atoms with van der Waals surface area (Å²) in [5.74, 6) is -0.273. The predicted molar refractivity (Wildman–Crippen MR) is 119 cm³/mol. The second-order valence-electron chi connectivity index (χ2n) is 6.99. The summed E-state index contributed by atoms with van der Waals surface area (Å²) in [6, 6.07) is 23.8. The fourth-order valence-corrected chi connectivity index (χ4v) is 4.23. The summed E-state index contributed by atoms with van der Waals surface area (Å²) in [5, 5.41) is 2.86. The van der Waals surface area contributed by atoms with Crippen LogP contribution >= 0.6 is 0 Å². The van der Waals surface area contributed by atoms with Crippen molar-refractivity contribution in [2.75, 3.05) is 26.0 Å². The zero-order chi connectivity index (χ0) is 21.7. The van der Waals surface area contributed by atoms with Gasteiger partial charge < -0.3 is 10.2 Å². The van der Waals surface area contributed by atoms with Crippen molar-refractivity contribution in [2.24, 2.45) is 0 Å². The highest BCUT2D eigenvalue weighted by atomic mass is 32.2. The molecule has 0 saturated carbocycles. The molecule has 0 atom stereocenters. The lowest BCUT2D eigenvalue weighted by molar-refractivity contribution is 0.0951. The molecule has 0 spiro atoms. The van der Waals surface area contributed by atoms with Crippen LogP contribution in [0.1, 0.15) is 15.9 Å². The normalized spacial score (nSPS) is 11.3. The minimum Gasteiger partial charge on any atom is -0.348 e. The van der Waals surface area contributed by atoms with Crippen LogP contribution in [0.4, 0.5) is 11.4 Å². The molecule has 0 aliphatic heterocycles. The third kappa shape index (κ3) is 4.53. The Bertz CT molecular complexity index is 1130. The summed E-state index contributed by atoms with van der Waals surface area (Å²) in [5.41, 5.74) is 2.76. The van der Waals surface area contributed by atoms with Crippen LogP contribution in [0.5, 0.6) is 0 Å². The van der Waals surface area contributed by atoms with Crippen molar-refractivity contribution in [1.82, 2.24) is 9.62 Å². The van der Waals surface area contributed by atoms with E-state index < -0.39 is 10.0 Å². The van der Waals surface area contributed by atoms with Gasteiger partial charge in [-0.2, -0.15) is 0 Å². The third-order valence-electron chi connectivity index (χ3n) is 4.82. The molecule has 0 aliphatic carbocycles. The summed E-state index contributed by atoms with van der Waals surface area (Å²) in [7, 11) is 1.27. The van der Waals surface area contributed by atoms with Gasteiger partial charge >= 0.3 is 0 Å². The van der Waals surface area contributed by atoms with E-state index in [4.69, 9.17) is 0 Å². The quantitative estimate of drug-likeness (QED) is 0.630. The van der Waals surface area contributed by atoms with Gasteiger partial charge in [0.2, 0.25) is 10.0 Å². The van der Waals surface area contributed by atoms with Gasteiger partial charge in [-0.05, 0) is 35.9 Å². The first-order valence-corrected chi connectivity index (χ1v) is 10.9. The van der Waals surface area contributed by atoms with Crippen molar-refractivity contribution in [3.8, 4) is 0 Å². The van der Waals surface area contributed by atoms with Gasteiger partial charge in [-0.3, -0.25) is 4.79 Å². The number of hydrogen-bond donors (Lipinski definition) is 1. The number of nitrogens with zero attached hydrogens (tertiary/aromatic N) is 2. The molecular formula is C23H25N3O3S. The molecule has 3 rings (SSSR count). The molecule has 1 amide bonds. The summed E-state index contributed by atoms with van der Waals surface area (Å²) >= 11 is 0. The van der Waals surface area contributed by atoms with E-state index in [0.29, 0.717) is 11.1 Å². The number of nitrogens with one attached hydrogen (secondary N) is 1. The molecule has 0 aromatic heterocycles. The first kappa shape index (κ1) is 21.5. The number of carbonyl (C=O) groups excluding carboxylic acids is 1. The SMILES string of the molecule is CN(c1ccccc1)c1ccccc1C(=O)NCc1ccccc1S(=O)(=O)N(C)C. The minimum atomic E-state index is -3.60. The molecule has 0 unspecified atom stereocenters. The van der Waals surface area contributed by atoms with Crippen molar-refractivity contribution >= 4 is 27.3 Å². The van der Waals surface area contributed by atoms with Crippen LogP contribution in [0.3, 0.4) is 0 Å². The molecule has 6 nitrogen and oxygen atoms in total. The summed E-state index contributed by atoms with van der Waals surface area (Å²) in [4.78, 5) is 15.1. The number of hydrogen-bond acceptors (Lipinski definition) is 4. The Morgan fingerprint density at radius 2 is 1.43 bits per heavy atom. The minimum absolute atomic E-state index is 0.103. The van der Waals surface area contributed by atoms with Crippen LogP contribution in [-0.4, -0.2) is 39.8 Å². The van der Waals surface area contributed by atoms with Gasteiger partial charge in [0, 0.05) is 33.4 Å². The Hall–Kier alpha value is -3.16. The van der Waals surface area contributed by atoms with Crippen molar-refractivity contribution in [3.63, 3.8) is 0 Å². The van der Waals surface area contributed by atoms with Crippen LogP contribution in [0.25, 0.3) is 0 Å².